The van der Waals surface area contributed by atoms with Gasteiger partial charge in [-0.3, -0.25) is 4.79 Å². The third-order valence-corrected chi connectivity index (χ3v) is 2.82. The first-order chi connectivity index (χ1) is 7.67. The minimum Gasteiger partial charge on any atom is -0.469 e. The third kappa shape index (κ3) is 3.67. The first-order valence-electron chi connectivity index (χ1n) is 4.89. The van der Waals surface area contributed by atoms with Gasteiger partial charge in [-0.05, 0) is 24.1 Å². The van der Waals surface area contributed by atoms with Crippen LogP contribution in [0.15, 0.2) is 28.7 Å². The highest BCUT2D eigenvalue weighted by molar-refractivity contribution is 9.10. The lowest BCUT2D eigenvalue weighted by Crippen LogP contribution is -2.04. The van der Waals surface area contributed by atoms with Crippen molar-refractivity contribution < 1.29 is 9.53 Å². The summed E-state index contributed by atoms with van der Waals surface area (Å²) in [5.41, 5.74) is 0.926. The topological polar surface area (TPSA) is 50.1 Å². The second-order valence-electron chi connectivity index (χ2n) is 3.35. The molecule has 0 aliphatic rings. The van der Waals surface area contributed by atoms with Crippen LogP contribution in [0.3, 0.4) is 0 Å². The Morgan fingerprint density at radius 1 is 1.50 bits per heavy atom. The lowest BCUT2D eigenvalue weighted by atomic mass is 9.96. The zero-order valence-electron chi connectivity index (χ0n) is 8.94. The summed E-state index contributed by atoms with van der Waals surface area (Å²) in [4.78, 5) is 11.0. The van der Waals surface area contributed by atoms with Gasteiger partial charge in [0.15, 0.2) is 0 Å². The average molecular weight is 282 g/mol. The summed E-state index contributed by atoms with van der Waals surface area (Å²) >= 11 is 3.33. The minimum absolute atomic E-state index is 0.257. The van der Waals surface area contributed by atoms with Crippen LogP contribution in [0.25, 0.3) is 0 Å². The van der Waals surface area contributed by atoms with Crippen LogP contribution in [-0.2, 0) is 9.53 Å². The lowest BCUT2D eigenvalue weighted by Gasteiger charge is -2.08. The zero-order valence-corrected chi connectivity index (χ0v) is 10.5. The molecule has 1 unspecified atom stereocenters. The van der Waals surface area contributed by atoms with Crippen LogP contribution in [0.1, 0.15) is 24.3 Å². The molecular formula is C12H12BrNO2. The molecule has 0 amide bonds. The Kier molecular flexibility index (Phi) is 5.00. The molecule has 0 fully saturated rings. The van der Waals surface area contributed by atoms with Crippen LogP contribution in [0, 0.1) is 11.3 Å². The molecule has 3 nitrogen and oxygen atoms in total. The van der Waals surface area contributed by atoms with Crippen LogP contribution in [-0.4, -0.2) is 13.1 Å². The highest BCUT2D eigenvalue weighted by Crippen LogP contribution is 2.22. The van der Waals surface area contributed by atoms with Gasteiger partial charge in [-0.25, -0.2) is 0 Å². The van der Waals surface area contributed by atoms with E-state index in [4.69, 9.17) is 5.26 Å². The Morgan fingerprint density at radius 2 is 2.12 bits per heavy atom. The second kappa shape index (κ2) is 6.29. The average Bonchev–Trinajstić information content (AvgIpc) is 2.31. The molecule has 0 saturated carbocycles. The van der Waals surface area contributed by atoms with Gasteiger partial charge in [-0.2, -0.15) is 5.26 Å². The van der Waals surface area contributed by atoms with Gasteiger partial charge in [-0.1, -0.05) is 28.1 Å². The van der Waals surface area contributed by atoms with Crippen molar-refractivity contribution in [3.8, 4) is 6.07 Å². The SMILES string of the molecule is COC(=O)CCC(C#N)c1ccc(Br)cc1. The monoisotopic (exact) mass is 281 g/mol. The fraction of sp³-hybridized carbons (Fsp3) is 0.333. The first-order valence-corrected chi connectivity index (χ1v) is 5.68. The maximum Gasteiger partial charge on any atom is 0.305 e. The molecule has 0 aliphatic carbocycles. The normalized spacial score (nSPS) is 11.6. The van der Waals surface area contributed by atoms with Gasteiger partial charge in [0, 0.05) is 10.9 Å². The zero-order chi connectivity index (χ0) is 12.0. The van der Waals surface area contributed by atoms with E-state index in [0.29, 0.717) is 6.42 Å². The van der Waals surface area contributed by atoms with E-state index in [1.54, 1.807) is 0 Å². The second-order valence-corrected chi connectivity index (χ2v) is 4.26. The van der Waals surface area contributed by atoms with Gasteiger partial charge in [0.25, 0.3) is 0 Å². The molecule has 84 valence electrons. The highest BCUT2D eigenvalue weighted by Gasteiger charge is 2.12. The Hall–Kier alpha value is -1.34. The predicted octanol–water partition coefficient (Wildman–Crippen LogP) is 3.01. The fourth-order valence-corrected chi connectivity index (χ4v) is 1.63. The molecule has 4 heteroatoms. The van der Waals surface area contributed by atoms with Crippen LogP contribution in [0.4, 0.5) is 0 Å². The van der Waals surface area contributed by atoms with Crippen LogP contribution in [0.5, 0.6) is 0 Å². The number of nitrogens with zero attached hydrogens (tertiary/aromatic N) is 1. The highest BCUT2D eigenvalue weighted by atomic mass is 79.9. The molecule has 0 N–H and O–H groups in total. The molecule has 0 aromatic heterocycles. The summed E-state index contributed by atoms with van der Waals surface area (Å²) in [5.74, 6) is -0.537. The summed E-state index contributed by atoms with van der Waals surface area (Å²) in [7, 11) is 1.35. The standard InChI is InChI=1S/C12H12BrNO2/c1-16-12(15)7-4-10(8-14)9-2-5-11(13)6-3-9/h2-3,5-6,10H,4,7H2,1H3. The summed E-state index contributed by atoms with van der Waals surface area (Å²) in [5, 5.41) is 9.02. The van der Waals surface area contributed by atoms with Crippen LogP contribution < -0.4 is 0 Å². The maximum absolute atomic E-state index is 11.0. The largest absolute Gasteiger partial charge is 0.469 e. The molecule has 1 aromatic rings. The number of nitriles is 1. The van der Waals surface area contributed by atoms with Gasteiger partial charge in [0.05, 0.1) is 19.1 Å². The van der Waals surface area contributed by atoms with Crippen LogP contribution >= 0.6 is 15.9 Å². The van der Waals surface area contributed by atoms with Crippen molar-refractivity contribution in [2.24, 2.45) is 0 Å². The molecule has 0 heterocycles. The van der Waals surface area contributed by atoms with E-state index < -0.39 is 0 Å². The number of esters is 1. The number of ether oxygens (including phenoxy) is 1. The maximum atomic E-state index is 11.0. The number of benzene rings is 1. The van der Waals surface area contributed by atoms with E-state index in [0.717, 1.165) is 10.0 Å². The van der Waals surface area contributed by atoms with E-state index >= 15 is 0 Å². The molecule has 0 saturated heterocycles. The van der Waals surface area contributed by atoms with Crippen molar-refractivity contribution in [2.75, 3.05) is 7.11 Å². The van der Waals surface area contributed by atoms with Crippen molar-refractivity contribution in [3.05, 3.63) is 34.3 Å². The summed E-state index contributed by atoms with van der Waals surface area (Å²) < 4.78 is 5.52. The van der Waals surface area contributed by atoms with Gasteiger partial charge >= 0.3 is 5.97 Å². The van der Waals surface area contributed by atoms with Crippen molar-refractivity contribution in [3.63, 3.8) is 0 Å². The Labute approximate surface area is 103 Å². The van der Waals surface area contributed by atoms with Crippen molar-refractivity contribution >= 4 is 21.9 Å². The number of rotatable bonds is 4. The number of carbonyl (C=O) groups is 1. The lowest BCUT2D eigenvalue weighted by molar-refractivity contribution is -0.140. The Balaban J connectivity index is 2.65. The minimum atomic E-state index is -0.280. The summed E-state index contributed by atoms with van der Waals surface area (Å²) in [6, 6.07) is 9.74. The van der Waals surface area contributed by atoms with Gasteiger partial charge in [0.1, 0.15) is 0 Å². The predicted molar refractivity (Wildman–Crippen MR) is 63.7 cm³/mol. The number of halogens is 1. The third-order valence-electron chi connectivity index (χ3n) is 2.29. The number of carbonyl (C=O) groups excluding carboxylic acids is 1. The molecular weight excluding hydrogens is 270 g/mol. The fourth-order valence-electron chi connectivity index (χ4n) is 1.37. The van der Waals surface area contributed by atoms with Crippen molar-refractivity contribution in [1.29, 1.82) is 5.26 Å². The van der Waals surface area contributed by atoms with E-state index in [1.807, 2.05) is 24.3 Å². The Bertz CT molecular complexity index is 394. The number of hydrogen-bond acceptors (Lipinski definition) is 3. The molecule has 1 aromatic carbocycles. The van der Waals surface area contributed by atoms with Crippen LogP contribution in [0.2, 0.25) is 0 Å². The summed E-state index contributed by atoms with van der Waals surface area (Å²) in [6.07, 6.45) is 0.760. The molecule has 1 rings (SSSR count). The van der Waals surface area contributed by atoms with Gasteiger partial charge in [0.2, 0.25) is 0 Å². The molecule has 0 aliphatic heterocycles. The molecule has 0 radical (unpaired) electrons. The first kappa shape index (κ1) is 12.7. The smallest absolute Gasteiger partial charge is 0.305 e. The van der Waals surface area contributed by atoms with Gasteiger partial charge in [-0.15, -0.1) is 0 Å². The number of methoxy groups -OCH3 is 1. The van der Waals surface area contributed by atoms with E-state index in [9.17, 15) is 4.79 Å². The molecule has 0 bridgehead atoms. The Morgan fingerprint density at radius 3 is 2.62 bits per heavy atom. The van der Waals surface area contributed by atoms with Crippen molar-refractivity contribution in [2.45, 2.75) is 18.8 Å². The van der Waals surface area contributed by atoms with E-state index in [-0.39, 0.29) is 18.3 Å². The van der Waals surface area contributed by atoms with Crippen molar-refractivity contribution in [1.82, 2.24) is 0 Å². The summed E-state index contributed by atoms with van der Waals surface area (Å²) in [6.45, 7) is 0. The molecule has 1 atom stereocenters. The van der Waals surface area contributed by atoms with Gasteiger partial charge < -0.3 is 4.74 Å². The van der Waals surface area contributed by atoms with E-state index in [2.05, 4.69) is 26.7 Å². The number of hydrogen-bond donors (Lipinski definition) is 0. The molecule has 16 heavy (non-hydrogen) atoms. The quantitative estimate of drug-likeness (QED) is 0.797. The van der Waals surface area contributed by atoms with E-state index in [1.165, 1.54) is 7.11 Å². The molecule has 0 spiro atoms.